The maximum absolute atomic E-state index is 12.3. The van der Waals surface area contributed by atoms with Crippen LogP contribution in [0.4, 0.5) is 0 Å². The van der Waals surface area contributed by atoms with E-state index in [-0.39, 0.29) is 5.78 Å². The summed E-state index contributed by atoms with van der Waals surface area (Å²) in [5.74, 6) is 1.14. The predicted octanol–water partition coefficient (Wildman–Crippen LogP) is 3.52. The Morgan fingerprint density at radius 2 is 1.79 bits per heavy atom. The van der Waals surface area contributed by atoms with E-state index >= 15 is 0 Å². The molecule has 19 heavy (non-hydrogen) atoms. The Bertz CT molecular complexity index is 422. The minimum atomic E-state index is 0.283. The van der Waals surface area contributed by atoms with Crippen LogP contribution in [0.5, 0.6) is 0 Å². The number of ketones is 1. The topological polar surface area (TPSA) is 20.3 Å². The molecule has 1 aromatic carbocycles. The average molecular weight is 257 g/mol. The molecule has 1 heterocycles. The molecule has 0 amide bonds. The molecule has 1 unspecified atom stereocenters. The molecule has 2 heteroatoms. The molecule has 0 N–H and O–H groups in total. The van der Waals surface area contributed by atoms with Gasteiger partial charge < -0.3 is 0 Å². The average Bonchev–Trinajstić information content (AvgIpc) is 3.10. The normalized spacial score (nSPS) is 24.9. The molecule has 0 bridgehead atoms. The summed E-state index contributed by atoms with van der Waals surface area (Å²) >= 11 is 0. The molecule has 1 saturated carbocycles. The van der Waals surface area contributed by atoms with Crippen molar-refractivity contribution in [1.82, 2.24) is 4.90 Å². The van der Waals surface area contributed by atoms with Crippen LogP contribution >= 0.6 is 0 Å². The van der Waals surface area contributed by atoms with Gasteiger partial charge in [-0.25, -0.2) is 0 Å². The lowest BCUT2D eigenvalue weighted by Gasteiger charge is -2.28. The minimum Gasteiger partial charge on any atom is -0.293 e. The van der Waals surface area contributed by atoms with Crippen molar-refractivity contribution in [3.05, 3.63) is 35.9 Å². The van der Waals surface area contributed by atoms with E-state index in [4.69, 9.17) is 0 Å². The quantitative estimate of drug-likeness (QED) is 0.769. The highest BCUT2D eigenvalue weighted by Crippen LogP contribution is 2.35. The van der Waals surface area contributed by atoms with Crippen molar-refractivity contribution in [1.29, 1.82) is 0 Å². The fourth-order valence-corrected chi connectivity index (χ4v) is 3.82. The number of nitrogens with zero attached hydrogens (tertiary/aromatic N) is 1. The maximum Gasteiger partial charge on any atom is 0.176 e. The van der Waals surface area contributed by atoms with Gasteiger partial charge in [-0.05, 0) is 38.1 Å². The van der Waals surface area contributed by atoms with Crippen LogP contribution in [-0.4, -0.2) is 29.8 Å². The van der Waals surface area contributed by atoms with Crippen LogP contribution in [0, 0.1) is 5.92 Å². The lowest BCUT2D eigenvalue weighted by Crippen LogP contribution is -2.38. The van der Waals surface area contributed by atoms with Gasteiger partial charge in [0.05, 0.1) is 6.54 Å². The minimum absolute atomic E-state index is 0.283. The molecule has 2 nitrogen and oxygen atoms in total. The molecule has 2 fully saturated rings. The van der Waals surface area contributed by atoms with Crippen molar-refractivity contribution < 1.29 is 4.79 Å². The van der Waals surface area contributed by atoms with Gasteiger partial charge in [-0.1, -0.05) is 43.2 Å². The summed E-state index contributed by atoms with van der Waals surface area (Å²) in [5, 5.41) is 0. The second-order valence-electron chi connectivity index (χ2n) is 6.01. The second-order valence-corrected chi connectivity index (χ2v) is 6.01. The fraction of sp³-hybridized carbons (Fsp3) is 0.588. The van der Waals surface area contributed by atoms with Crippen LogP contribution in [0.3, 0.4) is 0 Å². The van der Waals surface area contributed by atoms with Crippen molar-refractivity contribution in [2.45, 2.75) is 44.6 Å². The first-order valence-corrected chi connectivity index (χ1v) is 7.67. The number of benzene rings is 1. The van der Waals surface area contributed by atoms with Gasteiger partial charge in [0.25, 0.3) is 0 Å². The van der Waals surface area contributed by atoms with E-state index in [1.165, 1.54) is 38.5 Å². The molecule has 1 aliphatic heterocycles. The SMILES string of the molecule is O=C(CN1CCCC1C1CCCC1)c1ccccc1. The Morgan fingerprint density at radius 3 is 2.53 bits per heavy atom. The van der Waals surface area contributed by atoms with Gasteiger partial charge in [0, 0.05) is 11.6 Å². The van der Waals surface area contributed by atoms with E-state index in [0.717, 1.165) is 18.0 Å². The highest BCUT2D eigenvalue weighted by atomic mass is 16.1. The van der Waals surface area contributed by atoms with Crippen LogP contribution in [0.25, 0.3) is 0 Å². The zero-order valence-electron chi connectivity index (χ0n) is 11.6. The number of carbonyl (C=O) groups is 1. The third-order valence-electron chi connectivity index (χ3n) is 4.80. The second kappa shape index (κ2) is 5.87. The lowest BCUT2D eigenvalue weighted by atomic mass is 9.95. The van der Waals surface area contributed by atoms with E-state index in [2.05, 4.69) is 4.90 Å². The van der Waals surface area contributed by atoms with Crippen molar-refractivity contribution in [2.75, 3.05) is 13.1 Å². The highest BCUT2D eigenvalue weighted by Gasteiger charge is 2.33. The van der Waals surface area contributed by atoms with Gasteiger partial charge in [-0.2, -0.15) is 0 Å². The zero-order valence-corrected chi connectivity index (χ0v) is 11.6. The summed E-state index contributed by atoms with van der Waals surface area (Å²) in [7, 11) is 0. The number of Topliss-reactive ketones (excluding diaryl/α,β-unsaturated/α-hetero) is 1. The molecule has 0 aromatic heterocycles. The molecule has 2 aliphatic rings. The first-order chi connectivity index (χ1) is 9.34. The van der Waals surface area contributed by atoms with E-state index in [1.54, 1.807) is 0 Å². The third kappa shape index (κ3) is 2.89. The number of carbonyl (C=O) groups excluding carboxylic acids is 1. The number of hydrogen-bond donors (Lipinski definition) is 0. The molecule has 102 valence electrons. The number of hydrogen-bond acceptors (Lipinski definition) is 2. The summed E-state index contributed by atoms with van der Waals surface area (Å²) in [4.78, 5) is 14.8. The summed E-state index contributed by atoms with van der Waals surface area (Å²) in [6, 6.07) is 10.4. The molecule has 1 atom stereocenters. The van der Waals surface area contributed by atoms with E-state index in [0.29, 0.717) is 12.6 Å². The third-order valence-corrected chi connectivity index (χ3v) is 4.80. The Kier molecular flexibility index (Phi) is 3.97. The zero-order chi connectivity index (χ0) is 13.1. The lowest BCUT2D eigenvalue weighted by molar-refractivity contribution is 0.0896. The van der Waals surface area contributed by atoms with Gasteiger partial charge in [-0.15, -0.1) is 0 Å². The van der Waals surface area contributed by atoms with Crippen LogP contribution in [0.2, 0.25) is 0 Å². The summed E-state index contributed by atoms with van der Waals surface area (Å²) in [6.07, 6.45) is 8.10. The molecule has 3 rings (SSSR count). The maximum atomic E-state index is 12.3. The summed E-state index contributed by atoms with van der Waals surface area (Å²) in [5.41, 5.74) is 0.861. The Labute approximate surface area is 115 Å². The highest BCUT2D eigenvalue weighted by molar-refractivity contribution is 5.97. The molecular formula is C17H23NO. The smallest absolute Gasteiger partial charge is 0.176 e. The van der Waals surface area contributed by atoms with Crippen molar-refractivity contribution in [3.8, 4) is 0 Å². The molecule has 1 aromatic rings. The van der Waals surface area contributed by atoms with Crippen LogP contribution in [-0.2, 0) is 0 Å². The number of rotatable bonds is 4. The van der Waals surface area contributed by atoms with Crippen molar-refractivity contribution >= 4 is 5.78 Å². The van der Waals surface area contributed by atoms with E-state index in [9.17, 15) is 4.79 Å². The summed E-state index contributed by atoms with van der Waals surface area (Å²) in [6.45, 7) is 1.73. The Morgan fingerprint density at radius 1 is 1.05 bits per heavy atom. The van der Waals surface area contributed by atoms with Gasteiger partial charge in [-0.3, -0.25) is 9.69 Å². The largest absolute Gasteiger partial charge is 0.293 e. The molecule has 0 spiro atoms. The van der Waals surface area contributed by atoms with Crippen LogP contribution in [0.1, 0.15) is 48.9 Å². The first kappa shape index (κ1) is 12.9. The summed E-state index contributed by atoms with van der Waals surface area (Å²) < 4.78 is 0. The molecule has 1 aliphatic carbocycles. The fourth-order valence-electron chi connectivity index (χ4n) is 3.82. The van der Waals surface area contributed by atoms with E-state index < -0.39 is 0 Å². The van der Waals surface area contributed by atoms with Crippen LogP contribution in [0.15, 0.2) is 30.3 Å². The van der Waals surface area contributed by atoms with Crippen molar-refractivity contribution in [3.63, 3.8) is 0 Å². The Balaban J connectivity index is 1.63. The first-order valence-electron chi connectivity index (χ1n) is 7.67. The predicted molar refractivity (Wildman–Crippen MR) is 77.3 cm³/mol. The molecule has 0 radical (unpaired) electrons. The Hall–Kier alpha value is -1.15. The molecular weight excluding hydrogens is 234 g/mol. The van der Waals surface area contributed by atoms with E-state index in [1.807, 2.05) is 30.3 Å². The van der Waals surface area contributed by atoms with Gasteiger partial charge in [0.1, 0.15) is 0 Å². The molecule has 1 saturated heterocycles. The van der Waals surface area contributed by atoms with Gasteiger partial charge >= 0.3 is 0 Å². The standard InChI is InChI=1S/C17H23NO/c19-17(15-9-2-1-3-10-15)13-18-12-6-11-16(18)14-7-4-5-8-14/h1-3,9-10,14,16H,4-8,11-13H2. The monoisotopic (exact) mass is 257 g/mol. The number of likely N-dealkylation sites (tertiary alicyclic amines) is 1. The van der Waals surface area contributed by atoms with Gasteiger partial charge in [0.2, 0.25) is 0 Å². The van der Waals surface area contributed by atoms with Crippen LogP contribution < -0.4 is 0 Å². The van der Waals surface area contributed by atoms with Gasteiger partial charge in [0.15, 0.2) is 5.78 Å². The van der Waals surface area contributed by atoms with Crippen molar-refractivity contribution in [2.24, 2.45) is 5.92 Å².